The van der Waals surface area contributed by atoms with Gasteiger partial charge >= 0.3 is 0 Å². The Morgan fingerprint density at radius 1 is 1.04 bits per heavy atom. The minimum absolute atomic E-state index is 0.741. The monoisotopic (exact) mass is 388 g/mol. The fraction of sp³-hybridized carbons (Fsp3) is 0.381. The summed E-state index contributed by atoms with van der Waals surface area (Å²) < 4.78 is 11.7. The number of aromatic nitrogens is 1. The molecule has 0 spiro atoms. The van der Waals surface area contributed by atoms with Crippen molar-refractivity contribution in [2.45, 2.75) is 26.7 Å². The van der Waals surface area contributed by atoms with Crippen molar-refractivity contribution in [2.24, 2.45) is 0 Å². The first-order valence-corrected chi connectivity index (χ1v) is 10.4. The predicted octanol–water partition coefficient (Wildman–Crippen LogP) is 6.12. The van der Waals surface area contributed by atoms with E-state index < -0.39 is 0 Å². The van der Waals surface area contributed by atoms with Crippen LogP contribution in [-0.4, -0.2) is 35.5 Å². The van der Waals surface area contributed by atoms with Crippen molar-refractivity contribution in [3.63, 3.8) is 0 Å². The van der Waals surface area contributed by atoms with Crippen LogP contribution in [0, 0.1) is 0 Å². The Morgan fingerprint density at radius 3 is 2.54 bits per heavy atom. The van der Waals surface area contributed by atoms with Gasteiger partial charge in [0.1, 0.15) is 5.75 Å². The van der Waals surface area contributed by atoms with Crippen LogP contribution in [0.4, 0.5) is 0 Å². The van der Waals surface area contributed by atoms with Gasteiger partial charge in [-0.3, -0.25) is 0 Å². The number of ether oxygens (including phenoxy) is 1. The van der Waals surface area contributed by atoms with Crippen molar-refractivity contribution in [3.8, 4) is 17.0 Å². The summed E-state index contributed by atoms with van der Waals surface area (Å²) in [5.74, 6) is 0.923. The van der Waals surface area contributed by atoms with Gasteiger partial charge in [-0.2, -0.15) is 4.37 Å². The number of benzene rings is 2. The van der Waals surface area contributed by atoms with Crippen molar-refractivity contribution in [3.05, 3.63) is 47.5 Å². The van der Waals surface area contributed by atoms with Crippen molar-refractivity contribution in [1.82, 2.24) is 9.27 Å². The SMILES string of the molecule is CCN(CC)CCCCOc1ccc2c(-c3ccc(Cl)cc3)nsc2c1. The zero-order valence-electron chi connectivity index (χ0n) is 15.4. The molecule has 0 unspecified atom stereocenters. The Hall–Kier alpha value is -1.62. The van der Waals surface area contributed by atoms with Crippen molar-refractivity contribution >= 4 is 33.2 Å². The molecule has 138 valence electrons. The Labute approximate surface area is 164 Å². The smallest absolute Gasteiger partial charge is 0.120 e. The van der Waals surface area contributed by atoms with E-state index in [1.54, 1.807) is 0 Å². The molecule has 3 rings (SSSR count). The molecule has 3 aromatic rings. The molecule has 3 nitrogen and oxygen atoms in total. The van der Waals surface area contributed by atoms with Crippen LogP contribution in [0.25, 0.3) is 21.3 Å². The summed E-state index contributed by atoms with van der Waals surface area (Å²) in [6.45, 7) is 8.57. The molecule has 0 saturated carbocycles. The van der Waals surface area contributed by atoms with E-state index in [1.165, 1.54) is 18.0 Å². The molecule has 0 fully saturated rings. The molecule has 1 aromatic heterocycles. The third kappa shape index (κ3) is 4.76. The fourth-order valence-corrected chi connectivity index (χ4v) is 3.94. The zero-order chi connectivity index (χ0) is 18.4. The van der Waals surface area contributed by atoms with Crippen LogP contribution in [0.1, 0.15) is 26.7 Å². The first-order chi connectivity index (χ1) is 12.7. The predicted molar refractivity (Wildman–Crippen MR) is 113 cm³/mol. The minimum Gasteiger partial charge on any atom is -0.494 e. The first-order valence-electron chi connectivity index (χ1n) is 9.21. The molecule has 0 atom stereocenters. The van der Waals surface area contributed by atoms with Gasteiger partial charge < -0.3 is 9.64 Å². The van der Waals surface area contributed by atoms with Gasteiger partial charge in [0.25, 0.3) is 0 Å². The lowest BCUT2D eigenvalue weighted by molar-refractivity contribution is 0.266. The van der Waals surface area contributed by atoms with E-state index >= 15 is 0 Å². The Bertz CT molecular complexity index is 828. The Kier molecular flexibility index (Phi) is 6.89. The largest absolute Gasteiger partial charge is 0.494 e. The number of hydrogen-bond acceptors (Lipinski definition) is 4. The van der Waals surface area contributed by atoms with Crippen LogP contribution < -0.4 is 4.74 Å². The van der Waals surface area contributed by atoms with Gasteiger partial charge in [-0.05, 0) is 74.3 Å². The molecule has 1 heterocycles. The Balaban J connectivity index is 1.59. The van der Waals surface area contributed by atoms with E-state index in [2.05, 4.69) is 35.3 Å². The van der Waals surface area contributed by atoms with Crippen LogP contribution >= 0.6 is 23.1 Å². The van der Waals surface area contributed by atoms with Gasteiger partial charge in [-0.25, -0.2) is 0 Å². The number of hydrogen-bond donors (Lipinski definition) is 0. The van der Waals surface area contributed by atoms with Crippen molar-refractivity contribution in [1.29, 1.82) is 0 Å². The highest BCUT2D eigenvalue weighted by Crippen LogP contribution is 2.33. The van der Waals surface area contributed by atoms with Gasteiger partial charge in [0, 0.05) is 16.0 Å². The summed E-state index contributed by atoms with van der Waals surface area (Å²) in [5, 5.41) is 1.90. The molecule has 0 aliphatic carbocycles. The second-order valence-electron chi connectivity index (χ2n) is 6.28. The highest BCUT2D eigenvalue weighted by atomic mass is 35.5. The maximum Gasteiger partial charge on any atom is 0.120 e. The average Bonchev–Trinajstić information content (AvgIpc) is 3.08. The van der Waals surface area contributed by atoms with E-state index in [-0.39, 0.29) is 0 Å². The lowest BCUT2D eigenvalue weighted by Crippen LogP contribution is -2.24. The first kappa shape index (κ1) is 19.2. The standard InChI is InChI=1S/C21H25ClN2OS/c1-3-24(4-2)13-5-6-14-25-18-11-12-19-20(15-18)26-23-21(19)16-7-9-17(22)10-8-16/h7-12,15H,3-6,13-14H2,1-2H3. The number of nitrogens with zero attached hydrogens (tertiary/aromatic N) is 2. The molecule has 0 aliphatic rings. The lowest BCUT2D eigenvalue weighted by atomic mass is 10.1. The molecule has 0 radical (unpaired) electrons. The molecular weight excluding hydrogens is 364 g/mol. The number of fused-ring (bicyclic) bond motifs is 1. The molecule has 0 N–H and O–H groups in total. The quantitative estimate of drug-likeness (QED) is 0.413. The van der Waals surface area contributed by atoms with E-state index in [9.17, 15) is 0 Å². The second kappa shape index (κ2) is 9.36. The highest BCUT2D eigenvalue weighted by Gasteiger charge is 2.09. The second-order valence-corrected chi connectivity index (χ2v) is 7.52. The highest BCUT2D eigenvalue weighted by molar-refractivity contribution is 7.13. The molecule has 0 aliphatic heterocycles. The minimum atomic E-state index is 0.741. The van der Waals surface area contributed by atoms with Crippen LogP contribution in [0.2, 0.25) is 5.02 Å². The fourth-order valence-electron chi connectivity index (χ4n) is 2.99. The molecular formula is C21H25ClN2OS. The lowest BCUT2D eigenvalue weighted by Gasteiger charge is -2.17. The number of halogens is 1. The number of rotatable bonds is 9. The van der Waals surface area contributed by atoms with Gasteiger partial charge in [-0.1, -0.05) is 37.6 Å². The summed E-state index contributed by atoms with van der Waals surface area (Å²) >= 11 is 7.49. The van der Waals surface area contributed by atoms with Crippen LogP contribution in [0.5, 0.6) is 5.75 Å². The van der Waals surface area contributed by atoms with Crippen LogP contribution in [-0.2, 0) is 0 Å². The average molecular weight is 389 g/mol. The zero-order valence-corrected chi connectivity index (χ0v) is 16.9. The van der Waals surface area contributed by atoms with Crippen molar-refractivity contribution in [2.75, 3.05) is 26.2 Å². The topological polar surface area (TPSA) is 25.4 Å². The van der Waals surface area contributed by atoms with E-state index in [0.29, 0.717) is 0 Å². The molecule has 0 amide bonds. The Morgan fingerprint density at radius 2 is 1.81 bits per heavy atom. The maximum atomic E-state index is 5.98. The summed E-state index contributed by atoms with van der Waals surface area (Å²) in [6, 6.07) is 14.1. The third-order valence-corrected chi connectivity index (χ3v) is 5.65. The summed E-state index contributed by atoms with van der Waals surface area (Å²) in [5.41, 5.74) is 2.10. The van der Waals surface area contributed by atoms with Gasteiger partial charge in [0.05, 0.1) is 17.0 Å². The molecule has 0 saturated heterocycles. The van der Waals surface area contributed by atoms with Crippen LogP contribution in [0.15, 0.2) is 42.5 Å². The molecule has 5 heteroatoms. The van der Waals surface area contributed by atoms with E-state index in [1.807, 2.05) is 30.3 Å². The van der Waals surface area contributed by atoms with Gasteiger partial charge in [-0.15, -0.1) is 0 Å². The normalized spacial score (nSPS) is 11.4. The van der Waals surface area contributed by atoms with Crippen molar-refractivity contribution < 1.29 is 4.74 Å². The maximum absolute atomic E-state index is 5.98. The molecule has 26 heavy (non-hydrogen) atoms. The number of unbranched alkanes of at least 4 members (excludes halogenated alkanes) is 1. The molecule has 0 bridgehead atoms. The van der Waals surface area contributed by atoms with E-state index in [0.717, 1.165) is 64.8 Å². The summed E-state index contributed by atoms with van der Waals surface area (Å²) in [7, 11) is 0. The molecule has 2 aromatic carbocycles. The summed E-state index contributed by atoms with van der Waals surface area (Å²) in [4.78, 5) is 2.45. The summed E-state index contributed by atoms with van der Waals surface area (Å²) in [6.07, 6.45) is 2.25. The van der Waals surface area contributed by atoms with Gasteiger partial charge in [0.15, 0.2) is 0 Å². The van der Waals surface area contributed by atoms with Gasteiger partial charge in [0.2, 0.25) is 0 Å². The third-order valence-electron chi connectivity index (χ3n) is 4.59. The van der Waals surface area contributed by atoms with E-state index in [4.69, 9.17) is 16.3 Å². The van der Waals surface area contributed by atoms with Crippen LogP contribution in [0.3, 0.4) is 0 Å².